The van der Waals surface area contributed by atoms with Gasteiger partial charge in [-0.1, -0.05) is 20.3 Å². The van der Waals surface area contributed by atoms with Gasteiger partial charge in [0.15, 0.2) is 0 Å². The van der Waals surface area contributed by atoms with E-state index < -0.39 is 0 Å². The molecule has 1 N–H and O–H groups in total. The van der Waals surface area contributed by atoms with Gasteiger partial charge in [-0.3, -0.25) is 9.69 Å². The van der Waals surface area contributed by atoms with Gasteiger partial charge in [0, 0.05) is 23.2 Å². The van der Waals surface area contributed by atoms with Gasteiger partial charge in [0.05, 0.1) is 13.2 Å². The van der Waals surface area contributed by atoms with E-state index in [4.69, 9.17) is 9.47 Å². The molecule has 2 atom stereocenters. The maximum Gasteiger partial charge on any atom is 0.255 e. The monoisotopic (exact) mass is 450 g/mol. The van der Waals surface area contributed by atoms with Crippen LogP contribution in [0, 0.1) is 11.8 Å². The molecule has 0 saturated carbocycles. The molecule has 1 amide bonds. The van der Waals surface area contributed by atoms with Gasteiger partial charge in [-0.15, -0.1) is 0 Å². The van der Waals surface area contributed by atoms with Gasteiger partial charge in [0.1, 0.15) is 11.5 Å². The normalized spacial score (nSPS) is 20.8. The molecule has 2 fully saturated rings. The van der Waals surface area contributed by atoms with Gasteiger partial charge >= 0.3 is 0 Å². The van der Waals surface area contributed by atoms with E-state index in [0.29, 0.717) is 30.0 Å². The van der Waals surface area contributed by atoms with Crippen molar-refractivity contribution in [3.05, 3.63) is 54.1 Å². The molecule has 2 aromatic carbocycles. The quantitative estimate of drug-likeness (QED) is 0.508. The first-order chi connectivity index (χ1) is 16.1. The molecule has 2 heterocycles. The third-order valence-electron chi connectivity index (χ3n) is 6.89. The first-order valence-corrected chi connectivity index (χ1v) is 12.6. The SMILES string of the molecule is CC(C)CCOc1ccc(C(=O)Nc2ccc(OC[C@@H]3CCCN4CCCC[C@H]34)cc2)cc1. The van der Waals surface area contributed by atoms with Crippen molar-refractivity contribution in [1.82, 2.24) is 4.90 Å². The maximum absolute atomic E-state index is 12.6. The summed E-state index contributed by atoms with van der Waals surface area (Å²) in [5.41, 5.74) is 1.38. The Morgan fingerprint density at radius 2 is 1.64 bits per heavy atom. The van der Waals surface area contributed by atoms with Crippen LogP contribution in [0.3, 0.4) is 0 Å². The van der Waals surface area contributed by atoms with Crippen LogP contribution in [0.25, 0.3) is 0 Å². The Kier molecular flexibility index (Phi) is 8.27. The van der Waals surface area contributed by atoms with E-state index in [0.717, 1.165) is 30.2 Å². The molecule has 5 heteroatoms. The number of carbonyl (C=O) groups is 1. The number of amides is 1. The number of hydrogen-bond donors (Lipinski definition) is 1. The second kappa shape index (κ2) is 11.6. The molecule has 4 rings (SSSR count). The molecule has 0 radical (unpaired) electrons. The van der Waals surface area contributed by atoms with Crippen LogP contribution in [-0.2, 0) is 0 Å². The summed E-state index contributed by atoms with van der Waals surface area (Å²) in [6.07, 6.45) is 7.55. The molecule has 178 valence electrons. The second-order valence-corrected chi connectivity index (χ2v) is 9.85. The summed E-state index contributed by atoms with van der Waals surface area (Å²) in [4.78, 5) is 15.3. The van der Waals surface area contributed by atoms with Crippen LogP contribution in [0.5, 0.6) is 11.5 Å². The Balaban J connectivity index is 1.24. The summed E-state index contributed by atoms with van der Waals surface area (Å²) in [5.74, 6) is 2.76. The lowest BCUT2D eigenvalue weighted by molar-refractivity contribution is 0.0366. The summed E-state index contributed by atoms with van der Waals surface area (Å²) >= 11 is 0. The van der Waals surface area contributed by atoms with Crippen LogP contribution in [0.1, 0.15) is 62.7 Å². The first kappa shape index (κ1) is 23.6. The molecule has 33 heavy (non-hydrogen) atoms. The van der Waals surface area contributed by atoms with Gasteiger partial charge < -0.3 is 14.8 Å². The number of benzene rings is 2. The highest BCUT2D eigenvalue weighted by Crippen LogP contribution is 2.31. The average molecular weight is 451 g/mol. The van der Waals surface area contributed by atoms with E-state index in [-0.39, 0.29) is 5.91 Å². The number of nitrogens with zero attached hydrogens (tertiary/aromatic N) is 1. The molecule has 2 aromatic rings. The largest absolute Gasteiger partial charge is 0.494 e. The van der Waals surface area contributed by atoms with Crippen LogP contribution in [0.2, 0.25) is 0 Å². The standard InChI is InChI=1S/C28H38N2O3/c1-21(2)16-19-32-25-12-8-22(9-13-25)28(31)29-24-10-14-26(15-11-24)33-20-23-6-5-18-30-17-4-3-7-27(23)30/h8-15,21,23,27H,3-7,16-20H2,1-2H3,(H,29,31)/t23-,27+/m0/s1. The van der Waals surface area contributed by atoms with E-state index in [2.05, 4.69) is 24.1 Å². The van der Waals surface area contributed by atoms with Crippen molar-refractivity contribution in [2.45, 2.75) is 58.4 Å². The zero-order chi connectivity index (χ0) is 23.0. The fraction of sp³-hybridized carbons (Fsp3) is 0.536. The Morgan fingerprint density at radius 1 is 0.939 bits per heavy atom. The van der Waals surface area contributed by atoms with Crippen LogP contribution in [0.15, 0.2) is 48.5 Å². The molecular formula is C28H38N2O3. The fourth-order valence-corrected chi connectivity index (χ4v) is 4.93. The van der Waals surface area contributed by atoms with Crippen LogP contribution < -0.4 is 14.8 Å². The number of carbonyl (C=O) groups excluding carboxylic acids is 1. The van der Waals surface area contributed by atoms with Gasteiger partial charge in [-0.25, -0.2) is 0 Å². The highest BCUT2D eigenvalue weighted by molar-refractivity contribution is 6.04. The molecule has 0 aromatic heterocycles. The number of piperidine rings is 2. The van der Waals surface area contributed by atoms with Gasteiger partial charge in [0.2, 0.25) is 0 Å². The maximum atomic E-state index is 12.6. The predicted molar refractivity (Wildman–Crippen MR) is 133 cm³/mol. The van der Waals surface area contributed by atoms with Crippen LogP contribution in [-0.4, -0.2) is 43.2 Å². The van der Waals surface area contributed by atoms with E-state index in [1.807, 2.05) is 36.4 Å². The van der Waals surface area contributed by atoms with Crippen molar-refractivity contribution in [2.24, 2.45) is 11.8 Å². The average Bonchev–Trinajstić information content (AvgIpc) is 2.84. The fourth-order valence-electron chi connectivity index (χ4n) is 4.93. The summed E-state index contributed by atoms with van der Waals surface area (Å²) in [5, 5.41) is 2.96. The number of nitrogens with one attached hydrogen (secondary N) is 1. The van der Waals surface area contributed by atoms with Crippen LogP contribution in [0.4, 0.5) is 5.69 Å². The zero-order valence-electron chi connectivity index (χ0n) is 20.1. The van der Waals surface area contributed by atoms with Gasteiger partial charge in [0.25, 0.3) is 5.91 Å². The minimum atomic E-state index is -0.128. The van der Waals surface area contributed by atoms with Crippen molar-refractivity contribution in [2.75, 3.05) is 31.6 Å². The number of anilines is 1. The Labute approximate surface area is 198 Å². The Hall–Kier alpha value is -2.53. The molecule has 2 aliphatic heterocycles. The lowest BCUT2D eigenvalue weighted by atomic mass is 9.84. The lowest BCUT2D eigenvalue weighted by Gasteiger charge is -2.44. The highest BCUT2D eigenvalue weighted by atomic mass is 16.5. The summed E-state index contributed by atoms with van der Waals surface area (Å²) < 4.78 is 11.9. The Morgan fingerprint density at radius 3 is 2.39 bits per heavy atom. The second-order valence-electron chi connectivity index (χ2n) is 9.85. The number of rotatable bonds is 9. The Bertz CT molecular complexity index is 877. The molecular weight excluding hydrogens is 412 g/mol. The topological polar surface area (TPSA) is 50.8 Å². The molecule has 0 aliphatic carbocycles. The smallest absolute Gasteiger partial charge is 0.255 e. The third-order valence-corrected chi connectivity index (χ3v) is 6.89. The highest BCUT2D eigenvalue weighted by Gasteiger charge is 2.33. The van der Waals surface area contributed by atoms with Crippen molar-refractivity contribution in [1.29, 1.82) is 0 Å². The minimum absolute atomic E-state index is 0.128. The van der Waals surface area contributed by atoms with Crippen molar-refractivity contribution >= 4 is 11.6 Å². The van der Waals surface area contributed by atoms with Gasteiger partial charge in [-0.2, -0.15) is 0 Å². The van der Waals surface area contributed by atoms with Crippen molar-refractivity contribution in [3.8, 4) is 11.5 Å². The molecule has 2 saturated heterocycles. The van der Waals surface area contributed by atoms with E-state index >= 15 is 0 Å². The molecule has 0 spiro atoms. The van der Waals surface area contributed by atoms with Crippen molar-refractivity contribution in [3.63, 3.8) is 0 Å². The summed E-state index contributed by atoms with van der Waals surface area (Å²) in [7, 11) is 0. The lowest BCUT2D eigenvalue weighted by Crippen LogP contribution is -2.49. The van der Waals surface area contributed by atoms with E-state index in [9.17, 15) is 4.79 Å². The van der Waals surface area contributed by atoms with Crippen molar-refractivity contribution < 1.29 is 14.3 Å². The molecule has 0 bridgehead atoms. The first-order valence-electron chi connectivity index (χ1n) is 12.6. The number of hydrogen-bond acceptors (Lipinski definition) is 4. The van der Waals surface area contributed by atoms with Gasteiger partial charge in [-0.05, 0) is 99.6 Å². The molecule has 0 unspecified atom stereocenters. The van der Waals surface area contributed by atoms with E-state index in [1.54, 1.807) is 12.1 Å². The van der Waals surface area contributed by atoms with Crippen LogP contribution >= 0.6 is 0 Å². The summed E-state index contributed by atoms with van der Waals surface area (Å²) in [6, 6.07) is 15.7. The zero-order valence-corrected chi connectivity index (χ0v) is 20.1. The molecule has 2 aliphatic rings. The third kappa shape index (κ3) is 6.73. The minimum Gasteiger partial charge on any atom is -0.494 e. The number of ether oxygens (including phenoxy) is 2. The van der Waals surface area contributed by atoms with E-state index in [1.165, 1.54) is 45.2 Å². The predicted octanol–water partition coefficient (Wildman–Crippen LogP) is 6.01. The summed E-state index contributed by atoms with van der Waals surface area (Å²) in [6.45, 7) is 8.33. The molecule has 5 nitrogen and oxygen atoms in total. The number of fused-ring (bicyclic) bond motifs is 1.